The summed E-state index contributed by atoms with van der Waals surface area (Å²) in [4.78, 5) is 0. The third-order valence-electron chi connectivity index (χ3n) is 6.26. The average molecular weight is 410 g/mol. The fourth-order valence-electron chi connectivity index (χ4n) is 4.77. The quantitative estimate of drug-likeness (QED) is 0.288. The summed E-state index contributed by atoms with van der Waals surface area (Å²) in [5.41, 5.74) is 4.94. The minimum Gasteiger partial charge on any atom is -0.355 e. The van der Waals surface area contributed by atoms with E-state index < -0.39 is 0 Å². The zero-order chi connectivity index (χ0) is 21.3. The van der Waals surface area contributed by atoms with Crippen molar-refractivity contribution in [3.63, 3.8) is 0 Å². The molecule has 0 aliphatic rings. The van der Waals surface area contributed by atoms with E-state index in [1.54, 1.807) is 0 Å². The van der Waals surface area contributed by atoms with E-state index in [2.05, 4.69) is 121 Å². The van der Waals surface area contributed by atoms with E-state index in [0.29, 0.717) is 0 Å². The Morgan fingerprint density at radius 2 is 0.969 bits per heavy atom. The van der Waals surface area contributed by atoms with Gasteiger partial charge in [-0.2, -0.15) is 0 Å². The molecular weight excluding hydrogens is 386 g/mol. The first kappa shape index (κ1) is 18.7. The molecule has 0 heterocycles. The van der Waals surface area contributed by atoms with Crippen LogP contribution >= 0.6 is 0 Å². The Morgan fingerprint density at radius 3 is 1.69 bits per heavy atom. The van der Waals surface area contributed by atoms with Gasteiger partial charge in [0.25, 0.3) is 0 Å². The lowest BCUT2D eigenvalue weighted by Crippen LogP contribution is -1.95. The first-order valence-electron chi connectivity index (χ1n) is 11.1. The predicted molar refractivity (Wildman–Crippen MR) is 138 cm³/mol. The van der Waals surface area contributed by atoms with Crippen LogP contribution in [0.5, 0.6) is 0 Å². The third kappa shape index (κ3) is 3.29. The number of hydrogen-bond acceptors (Lipinski definition) is 1. The van der Waals surface area contributed by atoms with Crippen molar-refractivity contribution in [3.05, 3.63) is 132 Å². The number of rotatable bonds is 4. The van der Waals surface area contributed by atoms with Crippen LogP contribution in [0.4, 0.5) is 11.4 Å². The zero-order valence-corrected chi connectivity index (χ0v) is 17.8. The molecule has 1 N–H and O–H groups in total. The van der Waals surface area contributed by atoms with E-state index in [1.807, 2.05) is 6.07 Å². The summed E-state index contributed by atoms with van der Waals surface area (Å²) in [5.74, 6) is 0. The van der Waals surface area contributed by atoms with Crippen molar-refractivity contribution in [3.8, 4) is 0 Å². The molecule has 0 saturated heterocycles. The van der Waals surface area contributed by atoms with Gasteiger partial charge in [0, 0.05) is 16.8 Å². The average Bonchev–Trinajstić information content (AvgIpc) is 2.86. The Hall–Kier alpha value is -4.10. The lowest BCUT2D eigenvalue weighted by Gasteiger charge is -2.16. The SMILES string of the molecule is c1ccc(Cc2cc3c4ccccc4c(Nc4ccccc4)cc3c3ccccc23)cc1. The topological polar surface area (TPSA) is 12.0 Å². The van der Waals surface area contributed by atoms with E-state index in [4.69, 9.17) is 0 Å². The highest BCUT2D eigenvalue weighted by Crippen LogP contribution is 2.38. The number of para-hydroxylation sites is 1. The van der Waals surface area contributed by atoms with E-state index >= 15 is 0 Å². The fourth-order valence-corrected chi connectivity index (χ4v) is 4.77. The van der Waals surface area contributed by atoms with E-state index in [0.717, 1.165) is 17.8 Å². The van der Waals surface area contributed by atoms with Gasteiger partial charge in [-0.15, -0.1) is 0 Å². The molecule has 0 spiro atoms. The van der Waals surface area contributed by atoms with Crippen LogP contribution in [0.1, 0.15) is 11.1 Å². The van der Waals surface area contributed by atoms with Gasteiger partial charge < -0.3 is 5.32 Å². The maximum Gasteiger partial charge on any atom is 0.0470 e. The summed E-state index contributed by atoms with van der Waals surface area (Å²) in [6.07, 6.45) is 0.926. The van der Waals surface area contributed by atoms with Crippen molar-refractivity contribution < 1.29 is 0 Å². The second-order valence-electron chi connectivity index (χ2n) is 8.30. The molecule has 0 bridgehead atoms. The Kier molecular flexibility index (Phi) is 4.58. The van der Waals surface area contributed by atoms with Crippen LogP contribution in [0.25, 0.3) is 32.3 Å². The van der Waals surface area contributed by atoms with Crippen LogP contribution in [0.15, 0.2) is 121 Å². The van der Waals surface area contributed by atoms with Gasteiger partial charge in [0.15, 0.2) is 0 Å². The highest BCUT2D eigenvalue weighted by Gasteiger charge is 2.13. The van der Waals surface area contributed by atoms with Crippen LogP contribution in [-0.4, -0.2) is 0 Å². The highest BCUT2D eigenvalue weighted by atomic mass is 14.9. The lowest BCUT2D eigenvalue weighted by atomic mass is 9.90. The van der Waals surface area contributed by atoms with Crippen molar-refractivity contribution in [2.75, 3.05) is 5.32 Å². The molecule has 0 saturated carbocycles. The Morgan fingerprint density at radius 1 is 0.438 bits per heavy atom. The Bertz CT molecular complexity index is 1430. The molecule has 1 nitrogen and oxygen atoms in total. The molecule has 0 aliphatic carbocycles. The summed E-state index contributed by atoms with van der Waals surface area (Å²) in [7, 11) is 0. The molecule has 32 heavy (non-hydrogen) atoms. The molecule has 0 aliphatic heterocycles. The fraction of sp³-hybridized carbons (Fsp3) is 0.0323. The van der Waals surface area contributed by atoms with Crippen LogP contribution in [0.2, 0.25) is 0 Å². The molecule has 152 valence electrons. The van der Waals surface area contributed by atoms with E-state index in [-0.39, 0.29) is 0 Å². The van der Waals surface area contributed by atoms with Crippen molar-refractivity contribution in [1.82, 2.24) is 0 Å². The lowest BCUT2D eigenvalue weighted by molar-refractivity contribution is 1.22. The summed E-state index contributed by atoms with van der Waals surface area (Å²) in [5, 5.41) is 11.4. The second kappa shape index (κ2) is 7.86. The molecule has 6 rings (SSSR count). The van der Waals surface area contributed by atoms with Gasteiger partial charge >= 0.3 is 0 Å². The molecular formula is C31H23N. The number of hydrogen-bond donors (Lipinski definition) is 1. The van der Waals surface area contributed by atoms with E-state index in [9.17, 15) is 0 Å². The summed E-state index contributed by atoms with van der Waals surface area (Å²) < 4.78 is 0. The second-order valence-corrected chi connectivity index (χ2v) is 8.30. The van der Waals surface area contributed by atoms with Gasteiger partial charge in [0.1, 0.15) is 0 Å². The smallest absolute Gasteiger partial charge is 0.0470 e. The monoisotopic (exact) mass is 409 g/mol. The van der Waals surface area contributed by atoms with Crippen molar-refractivity contribution >= 4 is 43.7 Å². The van der Waals surface area contributed by atoms with Crippen molar-refractivity contribution in [1.29, 1.82) is 0 Å². The zero-order valence-electron chi connectivity index (χ0n) is 17.8. The van der Waals surface area contributed by atoms with Gasteiger partial charge in [-0.05, 0) is 68.7 Å². The van der Waals surface area contributed by atoms with Gasteiger partial charge in [-0.1, -0.05) is 97.1 Å². The summed E-state index contributed by atoms with van der Waals surface area (Å²) >= 11 is 0. The van der Waals surface area contributed by atoms with Crippen LogP contribution in [0, 0.1) is 0 Å². The molecule has 0 atom stereocenters. The summed E-state index contributed by atoms with van der Waals surface area (Å²) in [6.45, 7) is 0. The molecule has 1 heteroatoms. The number of fused-ring (bicyclic) bond motifs is 5. The minimum atomic E-state index is 0.926. The third-order valence-corrected chi connectivity index (χ3v) is 6.26. The van der Waals surface area contributed by atoms with Crippen LogP contribution in [-0.2, 0) is 6.42 Å². The Balaban J connectivity index is 1.64. The van der Waals surface area contributed by atoms with Crippen molar-refractivity contribution in [2.24, 2.45) is 0 Å². The standard InChI is InChI=1S/C31H23N/c1-3-11-22(12-4-1)19-23-20-29-27-17-9-10-18-28(27)31(32-24-13-5-2-6-14-24)21-30(29)26-16-8-7-15-25(23)26/h1-18,20-21,32H,19H2. The number of benzene rings is 6. The van der Waals surface area contributed by atoms with Gasteiger partial charge in [0.05, 0.1) is 0 Å². The van der Waals surface area contributed by atoms with Crippen molar-refractivity contribution in [2.45, 2.75) is 6.42 Å². The number of nitrogens with one attached hydrogen (secondary N) is 1. The normalized spacial score (nSPS) is 11.2. The largest absolute Gasteiger partial charge is 0.355 e. The molecule has 0 unspecified atom stereocenters. The maximum atomic E-state index is 3.66. The van der Waals surface area contributed by atoms with Crippen LogP contribution < -0.4 is 5.32 Å². The highest BCUT2D eigenvalue weighted by molar-refractivity contribution is 6.21. The Labute approximate surface area is 188 Å². The van der Waals surface area contributed by atoms with Gasteiger partial charge in [-0.25, -0.2) is 0 Å². The van der Waals surface area contributed by atoms with Gasteiger partial charge in [-0.3, -0.25) is 0 Å². The first-order valence-corrected chi connectivity index (χ1v) is 11.1. The minimum absolute atomic E-state index is 0.926. The number of anilines is 2. The van der Waals surface area contributed by atoms with E-state index in [1.165, 1.54) is 43.4 Å². The van der Waals surface area contributed by atoms with Gasteiger partial charge in [0.2, 0.25) is 0 Å². The molecule has 0 fully saturated rings. The molecule has 0 aromatic heterocycles. The first-order chi connectivity index (χ1) is 15.9. The molecule has 0 radical (unpaired) electrons. The van der Waals surface area contributed by atoms with Crippen LogP contribution in [0.3, 0.4) is 0 Å². The molecule has 6 aromatic carbocycles. The summed E-state index contributed by atoms with van der Waals surface area (Å²) in [6, 6.07) is 43.4. The maximum absolute atomic E-state index is 3.66. The molecule has 6 aromatic rings. The predicted octanol–water partition coefficient (Wildman–Crippen LogP) is 8.48. The molecule has 0 amide bonds.